The number of amides is 1. The van der Waals surface area contributed by atoms with Crippen LogP contribution in [0.2, 0.25) is 0 Å². The average Bonchev–Trinajstić information content (AvgIpc) is 2.17. The van der Waals surface area contributed by atoms with Crippen LogP contribution in [0.25, 0.3) is 0 Å². The topological polar surface area (TPSA) is 55.1 Å². The lowest BCUT2D eigenvalue weighted by molar-refractivity contribution is -0.125. The van der Waals surface area contributed by atoms with Gasteiger partial charge < -0.3 is 11.1 Å². The van der Waals surface area contributed by atoms with Gasteiger partial charge in [-0.15, -0.1) is 0 Å². The van der Waals surface area contributed by atoms with Gasteiger partial charge in [-0.1, -0.05) is 29.8 Å². The molecule has 3 heteroatoms. The van der Waals surface area contributed by atoms with Crippen LogP contribution in [0.5, 0.6) is 0 Å². The van der Waals surface area contributed by atoms with E-state index in [1.165, 1.54) is 11.1 Å². The Labute approximate surface area is 97.0 Å². The van der Waals surface area contributed by atoms with Crippen LogP contribution < -0.4 is 11.1 Å². The van der Waals surface area contributed by atoms with Crippen molar-refractivity contribution in [1.29, 1.82) is 0 Å². The van der Waals surface area contributed by atoms with Crippen molar-refractivity contribution in [2.45, 2.75) is 27.3 Å². The zero-order chi connectivity index (χ0) is 12.2. The van der Waals surface area contributed by atoms with Crippen molar-refractivity contribution in [3.05, 3.63) is 35.4 Å². The minimum atomic E-state index is -0.496. The van der Waals surface area contributed by atoms with E-state index in [0.717, 1.165) is 6.54 Å². The first kappa shape index (κ1) is 12.7. The lowest BCUT2D eigenvalue weighted by atomic mass is 9.93. The molecular weight excluding hydrogens is 200 g/mol. The first-order valence-corrected chi connectivity index (χ1v) is 5.48. The number of primary amides is 1. The number of hydrogen-bond acceptors (Lipinski definition) is 2. The SMILES string of the molecule is Cc1cccc(CNCC(C)(C)C(N)=O)c1. The van der Waals surface area contributed by atoms with Crippen LogP contribution in [0.4, 0.5) is 0 Å². The van der Waals surface area contributed by atoms with Crippen LogP contribution in [-0.4, -0.2) is 12.5 Å². The summed E-state index contributed by atoms with van der Waals surface area (Å²) in [6.07, 6.45) is 0. The van der Waals surface area contributed by atoms with E-state index in [1.807, 2.05) is 19.9 Å². The van der Waals surface area contributed by atoms with Gasteiger partial charge in [0.15, 0.2) is 0 Å². The highest BCUT2D eigenvalue weighted by Gasteiger charge is 2.23. The molecule has 0 spiro atoms. The smallest absolute Gasteiger partial charge is 0.224 e. The van der Waals surface area contributed by atoms with Gasteiger partial charge >= 0.3 is 0 Å². The fourth-order valence-electron chi connectivity index (χ4n) is 1.43. The molecule has 0 aromatic heterocycles. The number of carbonyl (C=O) groups excluding carboxylic acids is 1. The molecule has 1 amide bonds. The summed E-state index contributed by atoms with van der Waals surface area (Å²) in [5, 5.41) is 3.25. The van der Waals surface area contributed by atoms with Crippen LogP contribution in [0.3, 0.4) is 0 Å². The predicted octanol–water partition coefficient (Wildman–Crippen LogP) is 1.60. The number of nitrogens with one attached hydrogen (secondary N) is 1. The second-order valence-corrected chi connectivity index (χ2v) is 4.84. The Bertz CT molecular complexity index is 372. The van der Waals surface area contributed by atoms with E-state index in [-0.39, 0.29) is 5.91 Å². The highest BCUT2D eigenvalue weighted by Crippen LogP contribution is 2.12. The minimum Gasteiger partial charge on any atom is -0.369 e. The van der Waals surface area contributed by atoms with Gasteiger partial charge in [0.2, 0.25) is 5.91 Å². The zero-order valence-electron chi connectivity index (χ0n) is 10.2. The molecule has 3 nitrogen and oxygen atoms in total. The standard InChI is InChI=1S/C13H20N2O/c1-10-5-4-6-11(7-10)8-15-9-13(2,3)12(14)16/h4-7,15H,8-9H2,1-3H3,(H2,14,16). The molecular formula is C13H20N2O. The molecule has 0 saturated carbocycles. The van der Waals surface area contributed by atoms with E-state index < -0.39 is 5.41 Å². The summed E-state index contributed by atoms with van der Waals surface area (Å²) in [5.74, 6) is -0.274. The highest BCUT2D eigenvalue weighted by atomic mass is 16.1. The van der Waals surface area contributed by atoms with Gasteiger partial charge in [0.05, 0.1) is 5.41 Å². The summed E-state index contributed by atoms with van der Waals surface area (Å²) in [7, 11) is 0. The molecule has 0 fully saturated rings. The number of hydrogen-bond donors (Lipinski definition) is 2. The molecule has 88 valence electrons. The van der Waals surface area contributed by atoms with Crippen LogP contribution in [-0.2, 0) is 11.3 Å². The van der Waals surface area contributed by atoms with Crippen molar-refractivity contribution in [3.63, 3.8) is 0 Å². The van der Waals surface area contributed by atoms with E-state index in [1.54, 1.807) is 0 Å². The molecule has 1 aromatic rings. The minimum absolute atomic E-state index is 0.274. The van der Waals surface area contributed by atoms with Crippen molar-refractivity contribution in [3.8, 4) is 0 Å². The summed E-state index contributed by atoms with van der Waals surface area (Å²) < 4.78 is 0. The van der Waals surface area contributed by atoms with Crippen LogP contribution in [0.1, 0.15) is 25.0 Å². The Morgan fingerprint density at radius 3 is 2.69 bits per heavy atom. The van der Waals surface area contributed by atoms with Crippen LogP contribution in [0, 0.1) is 12.3 Å². The predicted molar refractivity (Wildman–Crippen MR) is 65.9 cm³/mol. The summed E-state index contributed by atoms with van der Waals surface area (Å²) in [4.78, 5) is 11.1. The molecule has 0 atom stereocenters. The summed E-state index contributed by atoms with van der Waals surface area (Å²) in [5.41, 5.74) is 7.27. The van der Waals surface area contributed by atoms with E-state index in [4.69, 9.17) is 5.73 Å². The molecule has 3 N–H and O–H groups in total. The molecule has 0 aliphatic carbocycles. The number of carbonyl (C=O) groups is 1. The molecule has 0 aliphatic rings. The maximum Gasteiger partial charge on any atom is 0.224 e. The number of aryl methyl sites for hydroxylation is 1. The molecule has 1 aromatic carbocycles. The second kappa shape index (κ2) is 5.12. The summed E-state index contributed by atoms with van der Waals surface area (Å²) >= 11 is 0. The van der Waals surface area contributed by atoms with E-state index >= 15 is 0 Å². The quantitative estimate of drug-likeness (QED) is 0.792. The first-order chi connectivity index (χ1) is 7.42. The Morgan fingerprint density at radius 1 is 1.44 bits per heavy atom. The molecule has 1 rings (SSSR count). The van der Waals surface area contributed by atoms with E-state index in [9.17, 15) is 4.79 Å². The lowest BCUT2D eigenvalue weighted by Gasteiger charge is -2.20. The van der Waals surface area contributed by atoms with Crippen molar-refractivity contribution < 1.29 is 4.79 Å². The third-order valence-corrected chi connectivity index (χ3v) is 2.65. The van der Waals surface area contributed by atoms with Gasteiger partial charge in [0.25, 0.3) is 0 Å². The van der Waals surface area contributed by atoms with E-state index in [2.05, 4.69) is 30.4 Å². The maximum absolute atomic E-state index is 11.1. The third-order valence-electron chi connectivity index (χ3n) is 2.65. The number of rotatable bonds is 5. The monoisotopic (exact) mass is 220 g/mol. The van der Waals surface area contributed by atoms with Gasteiger partial charge in [0.1, 0.15) is 0 Å². The second-order valence-electron chi connectivity index (χ2n) is 4.84. The normalized spacial score (nSPS) is 11.4. The Kier molecular flexibility index (Phi) is 4.07. The average molecular weight is 220 g/mol. The lowest BCUT2D eigenvalue weighted by Crippen LogP contribution is -2.40. The fourth-order valence-corrected chi connectivity index (χ4v) is 1.43. The first-order valence-electron chi connectivity index (χ1n) is 5.48. The van der Waals surface area contributed by atoms with Gasteiger partial charge in [-0.25, -0.2) is 0 Å². The van der Waals surface area contributed by atoms with Crippen molar-refractivity contribution in [2.75, 3.05) is 6.54 Å². The molecule has 0 unspecified atom stereocenters. The molecule has 0 aliphatic heterocycles. The Balaban J connectivity index is 2.45. The third kappa shape index (κ3) is 3.66. The molecule has 0 radical (unpaired) electrons. The summed E-state index contributed by atoms with van der Waals surface area (Å²) in [6.45, 7) is 7.11. The number of benzene rings is 1. The van der Waals surface area contributed by atoms with Gasteiger partial charge in [0, 0.05) is 13.1 Å². The van der Waals surface area contributed by atoms with Crippen molar-refractivity contribution in [1.82, 2.24) is 5.32 Å². The largest absolute Gasteiger partial charge is 0.369 e. The Morgan fingerprint density at radius 2 is 2.12 bits per heavy atom. The zero-order valence-corrected chi connectivity index (χ0v) is 10.2. The van der Waals surface area contributed by atoms with Crippen LogP contribution in [0.15, 0.2) is 24.3 Å². The summed E-state index contributed by atoms with van der Waals surface area (Å²) in [6, 6.07) is 8.30. The molecule has 0 heterocycles. The van der Waals surface area contributed by atoms with Crippen molar-refractivity contribution >= 4 is 5.91 Å². The van der Waals surface area contributed by atoms with Gasteiger partial charge in [-0.05, 0) is 26.3 Å². The van der Waals surface area contributed by atoms with Crippen molar-refractivity contribution in [2.24, 2.45) is 11.1 Å². The van der Waals surface area contributed by atoms with Gasteiger partial charge in [-0.3, -0.25) is 4.79 Å². The highest BCUT2D eigenvalue weighted by molar-refractivity contribution is 5.80. The van der Waals surface area contributed by atoms with Crippen LogP contribution >= 0.6 is 0 Å². The maximum atomic E-state index is 11.1. The van der Waals surface area contributed by atoms with Gasteiger partial charge in [-0.2, -0.15) is 0 Å². The molecule has 0 saturated heterocycles. The molecule has 16 heavy (non-hydrogen) atoms. The fraction of sp³-hybridized carbons (Fsp3) is 0.462. The number of nitrogens with two attached hydrogens (primary N) is 1. The Hall–Kier alpha value is -1.35. The van der Waals surface area contributed by atoms with E-state index in [0.29, 0.717) is 6.54 Å². The molecule has 0 bridgehead atoms.